The van der Waals surface area contributed by atoms with E-state index in [1.807, 2.05) is 45.3 Å². The lowest BCUT2D eigenvalue weighted by Gasteiger charge is -2.10. The van der Waals surface area contributed by atoms with Gasteiger partial charge < -0.3 is 9.88 Å². The molecule has 0 aliphatic heterocycles. The number of hydrogen-bond donors (Lipinski definition) is 1. The minimum Gasteiger partial charge on any atom is -0.364 e. The second-order valence-electron chi connectivity index (χ2n) is 5.38. The molecular weight excluding hydrogens is 286 g/mol. The summed E-state index contributed by atoms with van der Waals surface area (Å²) in [6.45, 7) is 10.9. The maximum Gasteiger partial charge on any atom is 0.165 e. The van der Waals surface area contributed by atoms with Crippen LogP contribution < -0.4 is 5.32 Å². The van der Waals surface area contributed by atoms with Crippen LogP contribution in [0.25, 0.3) is 11.2 Å². The van der Waals surface area contributed by atoms with Gasteiger partial charge in [0.25, 0.3) is 0 Å². The third-order valence-corrected chi connectivity index (χ3v) is 3.39. The fourth-order valence-corrected chi connectivity index (χ4v) is 2.31. The number of benzene rings is 1. The van der Waals surface area contributed by atoms with Crippen LogP contribution in [0, 0.1) is 6.92 Å². The minimum atomic E-state index is 0.325. The third-order valence-electron chi connectivity index (χ3n) is 3.39. The van der Waals surface area contributed by atoms with Crippen molar-refractivity contribution in [3.05, 3.63) is 48.0 Å². The number of anilines is 1. The van der Waals surface area contributed by atoms with E-state index in [9.17, 15) is 0 Å². The summed E-state index contributed by atoms with van der Waals surface area (Å²) in [5.41, 5.74) is 2.92. The van der Waals surface area contributed by atoms with E-state index in [4.69, 9.17) is 0 Å². The first-order chi connectivity index (χ1) is 11.1. The highest BCUT2D eigenvalue weighted by Crippen LogP contribution is 2.22. The second kappa shape index (κ2) is 7.72. The number of imidazole rings is 1. The van der Waals surface area contributed by atoms with Crippen LogP contribution in [-0.2, 0) is 6.54 Å². The molecule has 0 spiro atoms. The Balaban J connectivity index is 0.000000924. The Morgan fingerprint density at radius 2 is 1.78 bits per heavy atom. The van der Waals surface area contributed by atoms with Gasteiger partial charge in [-0.2, -0.15) is 0 Å². The number of aromatic nitrogens is 4. The predicted octanol–water partition coefficient (Wildman–Crippen LogP) is 4.35. The number of aryl methyl sites for hydroxylation is 1. The van der Waals surface area contributed by atoms with Crippen molar-refractivity contribution in [2.45, 2.75) is 47.2 Å². The summed E-state index contributed by atoms with van der Waals surface area (Å²) in [6.07, 6.45) is 1.83. The van der Waals surface area contributed by atoms with Crippen molar-refractivity contribution < 1.29 is 0 Å². The molecule has 0 fully saturated rings. The Bertz CT molecular complexity index is 747. The highest BCUT2D eigenvalue weighted by atomic mass is 15.2. The molecule has 0 bridgehead atoms. The van der Waals surface area contributed by atoms with Gasteiger partial charge in [-0.15, -0.1) is 0 Å². The molecule has 0 aliphatic carbocycles. The van der Waals surface area contributed by atoms with Crippen LogP contribution >= 0.6 is 0 Å². The molecule has 5 nitrogen and oxygen atoms in total. The molecule has 2 heterocycles. The average molecular weight is 311 g/mol. The zero-order valence-corrected chi connectivity index (χ0v) is 14.5. The van der Waals surface area contributed by atoms with Gasteiger partial charge in [0.2, 0.25) is 0 Å². The van der Waals surface area contributed by atoms with E-state index >= 15 is 0 Å². The van der Waals surface area contributed by atoms with E-state index < -0.39 is 0 Å². The van der Waals surface area contributed by atoms with Gasteiger partial charge in [0.05, 0.1) is 6.33 Å². The second-order valence-corrected chi connectivity index (χ2v) is 5.38. The van der Waals surface area contributed by atoms with E-state index in [1.165, 1.54) is 5.56 Å². The van der Waals surface area contributed by atoms with Gasteiger partial charge >= 0.3 is 0 Å². The van der Waals surface area contributed by atoms with Crippen molar-refractivity contribution in [3.8, 4) is 0 Å². The van der Waals surface area contributed by atoms with Crippen LogP contribution in [0.4, 0.5) is 5.82 Å². The molecule has 1 aromatic carbocycles. The molecule has 0 unspecified atom stereocenters. The number of nitrogens with one attached hydrogen (secondary N) is 1. The number of nitrogens with zero attached hydrogens (tertiary/aromatic N) is 4. The summed E-state index contributed by atoms with van der Waals surface area (Å²) in [4.78, 5) is 13.5. The minimum absolute atomic E-state index is 0.325. The van der Waals surface area contributed by atoms with Crippen LogP contribution in [0.3, 0.4) is 0 Å². The van der Waals surface area contributed by atoms with E-state index in [0.717, 1.165) is 29.4 Å². The molecule has 122 valence electrons. The molecule has 0 radical (unpaired) electrons. The monoisotopic (exact) mass is 311 g/mol. The topological polar surface area (TPSA) is 55.6 Å². The predicted molar refractivity (Wildman–Crippen MR) is 95.6 cm³/mol. The highest BCUT2D eigenvalue weighted by Gasteiger charge is 2.13. The van der Waals surface area contributed by atoms with Crippen molar-refractivity contribution in [2.75, 3.05) is 5.32 Å². The lowest BCUT2D eigenvalue weighted by atomic mass is 10.2. The molecule has 0 saturated heterocycles. The largest absolute Gasteiger partial charge is 0.364 e. The van der Waals surface area contributed by atoms with Crippen LogP contribution in [0.2, 0.25) is 0 Å². The molecule has 1 N–H and O–H groups in total. The zero-order valence-electron chi connectivity index (χ0n) is 14.5. The average Bonchev–Trinajstić information content (AvgIpc) is 2.99. The number of hydrogen-bond acceptors (Lipinski definition) is 4. The standard InChI is InChI=1S/C16H19N5.C2H6/c1-11(2)21-10-18-14-15(19-12(3)20-16(14)21)17-9-13-7-5-4-6-8-13;1-2/h4-8,10-11H,9H2,1-3H3,(H,17,19,20);1-2H3. The number of rotatable bonds is 4. The normalized spacial score (nSPS) is 10.5. The quantitative estimate of drug-likeness (QED) is 0.778. The Morgan fingerprint density at radius 1 is 1.09 bits per heavy atom. The van der Waals surface area contributed by atoms with Gasteiger partial charge in [-0.3, -0.25) is 0 Å². The van der Waals surface area contributed by atoms with E-state index in [2.05, 4.69) is 50.8 Å². The lowest BCUT2D eigenvalue weighted by Crippen LogP contribution is -2.06. The lowest BCUT2D eigenvalue weighted by molar-refractivity contribution is 0.612. The summed E-state index contributed by atoms with van der Waals surface area (Å²) in [6, 6.07) is 10.6. The summed E-state index contributed by atoms with van der Waals surface area (Å²) >= 11 is 0. The summed E-state index contributed by atoms with van der Waals surface area (Å²) in [7, 11) is 0. The summed E-state index contributed by atoms with van der Waals surface area (Å²) in [5.74, 6) is 1.54. The van der Waals surface area contributed by atoms with E-state index in [1.54, 1.807) is 0 Å². The summed E-state index contributed by atoms with van der Waals surface area (Å²) < 4.78 is 2.07. The number of fused-ring (bicyclic) bond motifs is 1. The van der Waals surface area contributed by atoms with Gasteiger partial charge in [0, 0.05) is 12.6 Å². The van der Waals surface area contributed by atoms with Gasteiger partial charge in [0.1, 0.15) is 11.3 Å². The van der Waals surface area contributed by atoms with Crippen molar-refractivity contribution in [1.29, 1.82) is 0 Å². The molecule has 0 aliphatic rings. The van der Waals surface area contributed by atoms with Gasteiger partial charge in [-0.25, -0.2) is 15.0 Å². The highest BCUT2D eigenvalue weighted by molar-refractivity contribution is 5.83. The smallest absolute Gasteiger partial charge is 0.165 e. The molecule has 0 amide bonds. The van der Waals surface area contributed by atoms with E-state index in [-0.39, 0.29) is 0 Å². The van der Waals surface area contributed by atoms with E-state index in [0.29, 0.717) is 6.04 Å². The Kier molecular flexibility index (Phi) is 5.68. The first-order valence-electron chi connectivity index (χ1n) is 8.14. The van der Waals surface area contributed by atoms with Crippen molar-refractivity contribution in [2.24, 2.45) is 0 Å². The van der Waals surface area contributed by atoms with Crippen molar-refractivity contribution in [3.63, 3.8) is 0 Å². The first kappa shape index (κ1) is 16.9. The molecule has 23 heavy (non-hydrogen) atoms. The maximum absolute atomic E-state index is 4.52. The van der Waals surface area contributed by atoms with Crippen molar-refractivity contribution >= 4 is 17.0 Å². The van der Waals surface area contributed by atoms with Gasteiger partial charge in [-0.05, 0) is 26.3 Å². The fourth-order valence-electron chi connectivity index (χ4n) is 2.31. The van der Waals surface area contributed by atoms with Crippen molar-refractivity contribution in [1.82, 2.24) is 19.5 Å². The fraction of sp³-hybridized carbons (Fsp3) is 0.389. The van der Waals surface area contributed by atoms with Crippen LogP contribution in [0.5, 0.6) is 0 Å². The molecular formula is C18H25N5. The van der Waals surface area contributed by atoms with Crippen LogP contribution in [0.1, 0.15) is 45.1 Å². The molecule has 3 rings (SSSR count). The van der Waals surface area contributed by atoms with Crippen LogP contribution in [-0.4, -0.2) is 19.5 Å². The molecule has 2 aromatic heterocycles. The zero-order chi connectivity index (χ0) is 16.8. The van der Waals surface area contributed by atoms with Gasteiger partial charge in [-0.1, -0.05) is 44.2 Å². The molecule has 3 aromatic rings. The molecule has 0 atom stereocenters. The summed E-state index contributed by atoms with van der Waals surface area (Å²) in [5, 5.41) is 3.37. The van der Waals surface area contributed by atoms with Crippen LogP contribution in [0.15, 0.2) is 36.7 Å². The molecule has 5 heteroatoms. The third kappa shape index (κ3) is 3.86. The molecule has 0 saturated carbocycles. The Morgan fingerprint density at radius 3 is 2.43 bits per heavy atom. The van der Waals surface area contributed by atoms with Gasteiger partial charge in [0.15, 0.2) is 11.5 Å². The maximum atomic E-state index is 4.52. The SMILES string of the molecule is CC.Cc1nc(NCc2ccccc2)c2ncn(C(C)C)c2n1. The Labute approximate surface area is 137 Å². The Hall–Kier alpha value is -2.43. The first-order valence-corrected chi connectivity index (χ1v) is 8.14.